The van der Waals surface area contributed by atoms with Crippen molar-refractivity contribution in [1.82, 2.24) is 10.2 Å². The summed E-state index contributed by atoms with van der Waals surface area (Å²) >= 11 is 1.91. The Labute approximate surface area is 125 Å². The summed E-state index contributed by atoms with van der Waals surface area (Å²) in [5.74, 6) is 0.263. The van der Waals surface area contributed by atoms with E-state index in [0.29, 0.717) is 6.54 Å². The highest BCUT2D eigenvalue weighted by Gasteiger charge is 2.29. The zero-order valence-electron chi connectivity index (χ0n) is 12.5. The lowest BCUT2D eigenvalue weighted by Gasteiger charge is -2.37. The zero-order valence-corrected chi connectivity index (χ0v) is 13.3. The van der Waals surface area contributed by atoms with E-state index in [0.717, 1.165) is 44.5 Å². The highest BCUT2D eigenvalue weighted by molar-refractivity contribution is 8.00. The van der Waals surface area contributed by atoms with Gasteiger partial charge in [-0.05, 0) is 26.7 Å². The molecule has 5 nitrogen and oxygen atoms in total. The third kappa shape index (κ3) is 7.03. The summed E-state index contributed by atoms with van der Waals surface area (Å²) < 4.78 is 0.145. The lowest BCUT2D eigenvalue weighted by molar-refractivity contribution is -0.137. The average Bonchev–Trinajstić information content (AvgIpc) is 2.35. The summed E-state index contributed by atoms with van der Waals surface area (Å²) in [6.45, 7) is 6.62. The molecule has 1 heterocycles. The van der Waals surface area contributed by atoms with Gasteiger partial charge < -0.3 is 15.3 Å². The predicted octanol–water partition coefficient (Wildman–Crippen LogP) is 2.56. The maximum Gasteiger partial charge on any atom is 0.317 e. The number of carboxylic acid groups (broad SMARTS) is 1. The number of unbranched alkanes of at least 4 members (excludes halogenated alkanes) is 3. The Hall–Kier alpha value is -0.910. The fraction of sp³-hybridized carbons (Fsp3) is 0.857. The van der Waals surface area contributed by atoms with E-state index >= 15 is 0 Å². The predicted molar refractivity (Wildman–Crippen MR) is 82.2 cm³/mol. The summed E-state index contributed by atoms with van der Waals surface area (Å²) in [7, 11) is 0. The third-order valence-corrected chi connectivity index (χ3v) is 4.60. The van der Waals surface area contributed by atoms with Gasteiger partial charge in [-0.1, -0.05) is 12.8 Å². The Morgan fingerprint density at radius 1 is 1.25 bits per heavy atom. The van der Waals surface area contributed by atoms with Gasteiger partial charge in [0.05, 0.1) is 0 Å². The van der Waals surface area contributed by atoms with Crippen molar-refractivity contribution in [2.24, 2.45) is 0 Å². The van der Waals surface area contributed by atoms with Crippen molar-refractivity contribution in [3.05, 3.63) is 0 Å². The molecule has 0 saturated carbocycles. The molecule has 0 spiro atoms. The smallest absolute Gasteiger partial charge is 0.317 e. The lowest BCUT2D eigenvalue weighted by atomic mass is 10.1. The first-order valence-electron chi connectivity index (χ1n) is 7.29. The number of carboxylic acids is 1. The number of aliphatic carboxylic acids is 1. The monoisotopic (exact) mass is 302 g/mol. The summed E-state index contributed by atoms with van der Waals surface area (Å²) in [6.07, 6.45) is 3.76. The molecular formula is C14H26N2O3S. The molecule has 116 valence electrons. The Morgan fingerprint density at radius 3 is 2.60 bits per heavy atom. The number of hydrogen-bond acceptors (Lipinski definition) is 3. The van der Waals surface area contributed by atoms with E-state index in [1.165, 1.54) is 0 Å². The molecule has 0 unspecified atom stereocenters. The first-order chi connectivity index (χ1) is 9.41. The highest BCUT2D eigenvalue weighted by atomic mass is 32.2. The van der Waals surface area contributed by atoms with Crippen molar-refractivity contribution in [2.45, 2.75) is 50.7 Å². The number of carbonyl (C=O) groups excluding carboxylic acids is 1. The molecule has 1 aliphatic heterocycles. The normalized spacial score (nSPS) is 17.8. The standard InChI is InChI=1S/C14H26N2O3S/c1-14(2)11-16(9-10-20-14)13(19)15-8-6-4-3-5-7-12(17)18/h3-11H2,1-2H3,(H,15,19)(H,17,18). The van der Waals surface area contributed by atoms with Crippen molar-refractivity contribution < 1.29 is 14.7 Å². The van der Waals surface area contributed by atoms with Gasteiger partial charge in [0, 0.05) is 36.6 Å². The van der Waals surface area contributed by atoms with Gasteiger partial charge in [0.25, 0.3) is 0 Å². The molecule has 0 atom stereocenters. The van der Waals surface area contributed by atoms with Crippen LogP contribution in [-0.4, -0.2) is 52.1 Å². The Bertz CT molecular complexity index is 334. The number of amides is 2. The maximum absolute atomic E-state index is 12.0. The zero-order chi connectivity index (χ0) is 15.0. The van der Waals surface area contributed by atoms with E-state index < -0.39 is 5.97 Å². The first kappa shape index (κ1) is 17.1. The second-order valence-electron chi connectivity index (χ2n) is 5.82. The van der Waals surface area contributed by atoms with Crippen LogP contribution in [0.2, 0.25) is 0 Å². The van der Waals surface area contributed by atoms with Crippen molar-refractivity contribution in [3.63, 3.8) is 0 Å². The molecule has 0 aromatic rings. The van der Waals surface area contributed by atoms with Crippen LogP contribution in [0, 0.1) is 0 Å². The molecule has 1 rings (SSSR count). The summed E-state index contributed by atoms with van der Waals surface area (Å²) in [5, 5.41) is 11.5. The quantitative estimate of drug-likeness (QED) is 0.709. The van der Waals surface area contributed by atoms with Crippen molar-refractivity contribution in [3.8, 4) is 0 Å². The fourth-order valence-electron chi connectivity index (χ4n) is 2.25. The van der Waals surface area contributed by atoms with E-state index in [9.17, 15) is 9.59 Å². The molecule has 2 N–H and O–H groups in total. The van der Waals surface area contributed by atoms with Gasteiger partial charge in [-0.3, -0.25) is 4.79 Å². The summed E-state index contributed by atoms with van der Waals surface area (Å²) in [4.78, 5) is 24.2. The van der Waals surface area contributed by atoms with Gasteiger partial charge >= 0.3 is 12.0 Å². The average molecular weight is 302 g/mol. The van der Waals surface area contributed by atoms with Crippen molar-refractivity contribution in [2.75, 3.05) is 25.4 Å². The number of nitrogens with zero attached hydrogens (tertiary/aromatic N) is 1. The molecule has 1 aliphatic rings. The number of rotatable bonds is 7. The summed E-state index contributed by atoms with van der Waals surface area (Å²) in [6, 6.07) is 0.0314. The molecule has 6 heteroatoms. The van der Waals surface area contributed by atoms with Gasteiger partial charge in [-0.15, -0.1) is 0 Å². The van der Waals surface area contributed by atoms with Gasteiger partial charge in [-0.25, -0.2) is 4.79 Å². The van der Waals surface area contributed by atoms with Crippen LogP contribution in [0.3, 0.4) is 0 Å². The maximum atomic E-state index is 12.0. The molecule has 0 aromatic carbocycles. The molecule has 0 bridgehead atoms. The second-order valence-corrected chi connectivity index (χ2v) is 7.62. The van der Waals surface area contributed by atoms with Gasteiger partial charge in [0.15, 0.2) is 0 Å². The molecule has 1 fully saturated rings. The molecular weight excluding hydrogens is 276 g/mol. The Balaban J connectivity index is 2.07. The first-order valence-corrected chi connectivity index (χ1v) is 8.28. The minimum absolute atomic E-state index is 0.0314. The van der Waals surface area contributed by atoms with Crippen LogP contribution >= 0.6 is 11.8 Å². The van der Waals surface area contributed by atoms with Crippen LogP contribution in [0.5, 0.6) is 0 Å². The van der Waals surface area contributed by atoms with Crippen LogP contribution in [0.1, 0.15) is 46.0 Å². The topological polar surface area (TPSA) is 69.6 Å². The van der Waals surface area contributed by atoms with Crippen molar-refractivity contribution in [1.29, 1.82) is 0 Å². The van der Waals surface area contributed by atoms with Crippen LogP contribution in [0.4, 0.5) is 4.79 Å². The number of urea groups is 1. The number of hydrogen-bond donors (Lipinski definition) is 2. The van der Waals surface area contributed by atoms with Crippen molar-refractivity contribution >= 4 is 23.8 Å². The van der Waals surface area contributed by atoms with E-state index in [4.69, 9.17) is 5.11 Å². The van der Waals surface area contributed by atoms with E-state index in [1.807, 2.05) is 16.7 Å². The molecule has 20 heavy (non-hydrogen) atoms. The van der Waals surface area contributed by atoms with E-state index in [-0.39, 0.29) is 17.2 Å². The Morgan fingerprint density at radius 2 is 1.95 bits per heavy atom. The third-order valence-electron chi connectivity index (χ3n) is 3.31. The largest absolute Gasteiger partial charge is 0.481 e. The van der Waals surface area contributed by atoms with Crippen LogP contribution in [0.25, 0.3) is 0 Å². The van der Waals surface area contributed by atoms with Crippen LogP contribution in [0.15, 0.2) is 0 Å². The van der Waals surface area contributed by atoms with Crippen LogP contribution in [-0.2, 0) is 4.79 Å². The number of thioether (sulfide) groups is 1. The number of nitrogens with one attached hydrogen (secondary N) is 1. The van der Waals surface area contributed by atoms with Gasteiger partial charge in [0.2, 0.25) is 0 Å². The summed E-state index contributed by atoms with van der Waals surface area (Å²) in [5.41, 5.74) is 0. The van der Waals surface area contributed by atoms with E-state index in [1.54, 1.807) is 0 Å². The van der Waals surface area contributed by atoms with Crippen LogP contribution < -0.4 is 5.32 Å². The lowest BCUT2D eigenvalue weighted by Crippen LogP contribution is -2.50. The minimum Gasteiger partial charge on any atom is -0.481 e. The highest BCUT2D eigenvalue weighted by Crippen LogP contribution is 2.29. The van der Waals surface area contributed by atoms with E-state index in [2.05, 4.69) is 19.2 Å². The fourth-order valence-corrected chi connectivity index (χ4v) is 3.36. The van der Waals surface area contributed by atoms with Gasteiger partial charge in [0.1, 0.15) is 0 Å². The molecule has 0 aliphatic carbocycles. The molecule has 1 saturated heterocycles. The Kier molecular flexibility index (Phi) is 7.19. The SMILES string of the molecule is CC1(C)CN(C(=O)NCCCCCCC(=O)O)CCS1. The number of carbonyl (C=O) groups is 2. The molecule has 2 amide bonds. The minimum atomic E-state index is -0.733. The molecule has 0 radical (unpaired) electrons. The van der Waals surface area contributed by atoms with Gasteiger partial charge in [-0.2, -0.15) is 11.8 Å². The second kappa shape index (κ2) is 8.39. The molecule has 0 aromatic heterocycles.